The standard InChI is InChI=1S/C13H27NO2Si/c1-5-8-14(6-2)11-13-12-15-9-7-10-17(3,4)16-13/h5,13H,1,6-12H2,2-4H3. The molecule has 17 heavy (non-hydrogen) atoms. The first kappa shape index (κ1) is 14.9. The molecule has 100 valence electrons. The van der Waals surface area contributed by atoms with Crippen molar-refractivity contribution in [2.45, 2.75) is 38.6 Å². The zero-order valence-corrected chi connectivity index (χ0v) is 12.6. The van der Waals surface area contributed by atoms with Crippen LogP contribution in [0.1, 0.15) is 13.3 Å². The first-order valence-corrected chi connectivity index (χ1v) is 9.77. The summed E-state index contributed by atoms with van der Waals surface area (Å²) in [6.45, 7) is 15.2. The van der Waals surface area contributed by atoms with Crippen LogP contribution in [-0.2, 0) is 9.16 Å². The monoisotopic (exact) mass is 257 g/mol. The Labute approximate surface area is 107 Å². The highest BCUT2D eigenvalue weighted by Gasteiger charge is 2.28. The second-order valence-corrected chi connectivity index (χ2v) is 9.57. The van der Waals surface area contributed by atoms with Gasteiger partial charge in [-0.2, -0.15) is 0 Å². The lowest BCUT2D eigenvalue weighted by atomic mass is 10.3. The Bertz CT molecular complexity index is 233. The van der Waals surface area contributed by atoms with Gasteiger partial charge in [0.1, 0.15) is 0 Å². The minimum Gasteiger partial charge on any atom is -0.411 e. The molecule has 1 rings (SSSR count). The van der Waals surface area contributed by atoms with Crippen molar-refractivity contribution in [3.8, 4) is 0 Å². The van der Waals surface area contributed by atoms with Gasteiger partial charge in [0.2, 0.25) is 0 Å². The molecule has 1 fully saturated rings. The highest BCUT2D eigenvalue weighted by molar-refractivity contribution is 6.71. The van der Waals surface area contributed by atoms with Gasteiger partial charge in [0.25, 0.3) is 0 Å². The third kappa shape index (κ3) is 5.81. The summed E-state index contributed by atoms with van der Waals surface area (Å²) >= 11 is 0. The summed E-state index contributed by atoms with van der Waals surface area (Å²) in [5.74, 6) is 0. The predicted octanol–water partition coefficient (Wildman–Crippen LogP) is 2.50. The van der Waals surface area contributed by atoms with Crippen molar-refractivity contribution in [2.75, 3.05) is 32.8 Å². The van der Waals surface area contributed by atoms with Crippen LogP contribution >= 0.6 is 0 Å². The molecule has 0 saturated carbocycles. The quantitative estimate of drug-likeness (QED) is 0.558. The largest absolute Gasteiger partial charge is 0.411 e. The highest BCUT2D eigenvalue weighted by atomic mass is 28.4. The van der Waals surface area contributed by atoms with Gasteiger partial charge in [-0.15, -0.1) is 6.58 Å². The van der Waals surface area contributed by atoms with Crippen LogP contribution in [0, 0.1) is 0 Å². The molecule has 0 aromatic carbocycles. The number of hydrogen-bond donors (Lipinski definition) is 0. The minimum absolute atomic E-state index is 0.233. The van der Waals surface area contributed by atoms with Gasteiger partial charge in [0.15, 0.2) is 8.32 Å². The van der Waals surface area contributed by atoms with Crippen LogP contribution in [0.15, 0.2) is 12.7 Å². The SMILES string of the molecule is C=CCN(CC)CC1COCCC[Si](C)(C)O1. The molecule has 0 spiro atoms. The first-order valence-electron chi connectivity index (χ1n) is 6.66. The average molecular weight is 257 g/mol. The Morgan fingerprint density at radius 3 is 2.88 bits per heavy atom. The van der Waals surface area contributed by atoms with Gasteiger partial charge >= 0.3 is 0 Å². The van der Waals surface area contributed by atoms with Crippen molar-refractivity contribution in [2.24, 2.45) is 0 Å². The molecular formula is C13H27NO2Si. The molecule has 0 N–H and O–H groups in total. The maximum atomic E-state index is 6.30. The first-order chi connectivity index (χ1) is 8.07. The minimum atomic E-state index is -1.47. The Kier molecular flexibility index (Phi) is 6.41. The Morgan fingerprint density at radius 1 is 1.47 bits per heavy atom. The second-order valence-electron chi connectivity index (χ2n) is 5.32. The van der Waals surface area contributed by atoms with Crippen LogP contribution in [0.4, 0.5) is 0 Å². The lowest BCUT2D eigenvalue weighted by Crippen LogP contribution is -2.45. The van der Waals surface area contributed by atoms with Crippen molar-refractivity contribution < 1.29 is 9.16 Å². The number of hydrogen-bond acceptors (Lipinski definition) is 3. The van der Waals surface area contributed by atoms with E-state index < -0.39 is 8.32 Å². The van der Waals surface area contributed by atoms with Crippen LogP contribution in [0.25, 0.3) is 0 Å². The molecule has 1 aliphatic rings. The van der Waals surface area contributed by atoms with Crippen molar-refractivity contribution in [3.63, 3.8) is 0 Å². The van der Waals surface area contributed by atoms with E-state index in [0.29, 0.717) is 0 Å². The van der Waals surface area contributed by atoms with E-state index in [2.05, 4.69) is 31.5 Å². The maximum Gasteiger partial charge on any atom is 0.187 e. The van der Waals surface area contributed by atoms with E-state index in [0.717, 1.165) is 39.3 Å². The van der Waals surface area contributed by atoms with Crippen molar-refractivity contribution in [1.82, 2.24) is 4.90 Å². The summed E-state index contributed by atoms with van der Waals surface area (Å²) in [5, 5.41) is 0. The third-order valence-electron chi connectivity index (χ3n) is 3.15. The van der Waals surface area contributed by atoms with Crippen LogP contribution in [0.2, 0.25) is 19.1 Å². The Hall–Kier alpha value is -0.163. The number of ether oxygens (including phenoxy) is 1. The normalized spacial score (nSPS) is 25.3. The summed E-state index contributed by atoms with van der Waals surface area (Å²) in [6, 6.07) is 1.21. The van der Waals surface area contributed by atoms with Gasteiger partial charge in [-0.1, -0.05) is 13.0 Å². The summed E-state index contributed by atoms with van der Waals surface area (Å²) in [4.78, 5) is 2.35. The Balaban J connectivity index is 2.50. The summed E-state index contributed by atoms with van der Waals surface area (Å²) < 4.78 is 11.9. The van der Waals surface area contributed by atoms with Crippen molar-refractivity contribution in [1.29, 1.82) is 0 Å². The van der Waals surface area contributed by atoms with Crippen molar-refractivity contribution >= 4 is 8.32 Å². The highest BCUT2D eigenvalue weighted by Crippen LogP contribution is 2.19. The fraction of sp³-hybridized carbons (Fsp3) is 0.846. The molecular weight excluding hydrogens is 230 g/mol. The lowest BCUT2D eigenvalue weighted by Gasteiger charge is -2.34. The molecule has 1 heterocycles. The summed E-state index contributed by atoms with van der Waals surface area (Å²) in [6.07, 6.45) is 3.34. The van der Waals surface area contributed by atoms with Crippen LogP contribution in [0.5, 0.6) is 0 Å². The topological polar surface area (TPSA) is 21.7 Å². The molecule has 0 aromatic heterocycles. The number of likely N-dealkylation sites (N-methyl/N-ethyl adjacent to an activating group) is 1. The second kappa shape index (κ2) is 7.31. The lowest BCUT2D eigenvalue weighted by molar-refractivity contribution is 0.0195. The zero-order chi connectivity index (χ0) is 12.7. The van der Waals surface area contributed by atoms with Crippen molar-refractivity contribution in [3.05, 3.63) is 12.7 Å². The van der Waals surface area contributed by atoms with Gasteiger partial charge in [0, 0.05) is 19.7 Å². The summed E-state index contributed by atoms with van der Waals surface area (Å²) in [5.41, 5.74) is 0. The van der Waals surface area contributed by atoms with Gasteiger partial charge in [-0.05, 0) is 32.1 Å². The number of rotatable bonds is 5. The molecule has 0 aliphatic carbocycles. The van der Waals surface area contributed by atoms with Crippen LogP contribution in [0.3, 0.4) is 0 Å². The van der Waals surface area contributed by atoms with E-state index in [1.54, 1.807) is 0 Å². The van der Waals surface area contributed by atoms with E-state index in [4.69, 9.17) is 9.16 Å². The van der Waals surface area contributed by atoms with Gasteiger partial charge in [-0.25, -0.2) is 0 Å². The van der Waals surface area contributed by atoms with Gasteiger partial charge in [-0.3, -0.25) is 4.90 Å². The van der Waals surface area contributed by atoms with E-state index in [1.807, 2.05) is 6.08 Å². The Morgan fingerprint density at radius 2 is 2.24 bits per heavy atom. The fourth-order valence-electron chi connectivity index (χ4n) is 2.25. The molecule has 0 amide bonds. The number of nitrogens with zero attached hydrogens (tertiary/aromatic N) is 1. The van der Waals surface area contributed by atoms with Crippen LogP contribution in [-0.4, -0.2) is 52.2 Å². The van der Waals surface area contributed by atoms with E-state index in [1.165, 1.54) is 6.04 Å². The maximum absolute atomic E-state index is 6.30. The van der Waals surface area contributed by atoms with Gasteiger partial charge < -0.3 is 9.16 Å². The molecule has 0 bridgehead atoms. The van der Waals surface area contributed by atoms with Crippen LogP contribution < -0.4 is 0 Å². The molecule has 4 heteroatoms. The van der Waals surface area contributed by atoms with E-state index in [9.17, 15) is 0 Å². The fourth-order valence-corrected chi connectivity index (χ4v) is 4.41. The van der Waals surface area contributed by atoms with E-state index >= 15 is 0 Å². The van der Waals surface area contributed by atoms with E-state index in [-0.39, 0.29) is 6.10 Å². The molecule has 0 aromatic rings. The van der Waals surface area contributed by atoms with Gasteiger partial charge in [0.05, 0.1) is 12.7 Å². The summed E-state index contributed by atoms with van der Waals surface area (Å²) in [7, 11) is -1.47. The molecule has 1 atom stereocenters. The molecule has 3 nitrogen and oxygen atoms in total. The molecule has 0 radical (unpaired) electrons. The molecule has 1 saturated heterocycles. The smallest absolute Gasteiger partial charge is 0.187 e. The third-order valence-corrected chi connectivity index (χ3v) is 5.68. The average Bonchev–Trinajstić information content (AvgIpc) is 2.24. The molecule has 1 unspecified atom stereocenters. The molecule has 1 aliphatic heterocycles. The predicted molar refractivity (Wildman–Crippen MR) is 74.9 cm³/mol. The zero-order valence-electron chi connectivity index (χ0n) is 11.6.